The Bertz CT molecular complexity index is 600. The van der Waals surface area contributed by atoms with Gasteiger partial charge in [-0.1, -0.05) is 38.0 Å². The lowest BCUT2D eigenvalue weighted by molar-refractivity contribution is -0.119. The van der Waals surface area contributed by atoms with E-state index < -0.39 is 0 Å². The van der Waals surface area contributed by atoms with Gasteiger partial charge in [-0.15, -0.1) is 0 Å². The number of nitrogens with one attached hydrogen (secondary N) is 1. The van der Waals surface area contributed by atoms with Gasteiger partial charge in [-0.3, -0.25) is 4.79 Å². The molecule has 2 heterocycles. The molecular formula is C21H30N2O. The van der Waals surface area contributed by atoms with Crippen LogP contribution in [0.15, 0.2) is 24.3 Å². The summed E-state index contributed by atoms with van der Waals surface area (Å²) in [5, 5.41) is 3.43. The molecule has 1 aliphatic carbocycles. The van der Waals surface area contributed by atoms with Crippen molar-refractivity contribution < 1.29 is 4.79 Å². The van der Waals surface area contributed by atoms with Crippen LogP contribution in [0.4, 0.5) is 5.69 Å². The summed E-state index contributed by atoms with van der Waals surface area (Å²) in [5.41, 5.74) is 2.89. The van der Waals surface area contributed by atoms with E-state index in [-0.39, 0.29) is 5.41 Å². The van der Waals surface area contributed by atoms with Crippen LogP contribution in [0.1, 0.15) is 57.4 Å². The normalized spacial score (nSPS) is 24.3. The lowest BCUT2D eigenvalue weighted by Gasteiger charge is -2.30. The van der Waals surface area contributed by atoms with Gasteiger partial charge in [0.1, 0.15) is 0 Å². The van der Waals surface area contributed by atoms with Crippen LogP contribution in [0.2, 0.25) is 0 Å². The van der Waals surface area contributed by atoms with E-state index in [4.69, 9.17) is 0 Å². The van der Waals surface area contributed by atoms with Crippen molar-refractivity contribution in [3.8, 4) is 0 Å². The molecule has 0 aromatic heterocycles. The fraction of sp³-hybridized carbons (Fsp3) is 0.667. The van der Waals surface area contributed by atoms with Crippen LogP contribution >= 0.6 is 0 Å². The van der Waals surface area contributed by atoms with Gasteiger partial charge in [0.05, 0.1) is 0 Å². The second kappa shape index (κ2) is 6.51. The van der Waals surface area contributed by atoms with Crippen molar-refractivity contribution in [2.45, 2.75) is 57.3 Å². The number of nitrogens with zero attached hydrogens (tertiary/aromatic N) is 1. The van der Waals surface area contributed by atoms with Crippen LogP contribution < -0.4 is 10.2 Å². The first-order valence-corrected chi connectivity index (χ1v) is 9.80. The molecule has 1 N–H and O–H groups in total. The van der Waals surface area contributed by atoms with E-state index in [1.807, 2.05) is 0 Å². The third-order valence-corrected chi connectivity index (χ3v) is 6.77. The Balaban J connectivity index is 1.50. The summed E-state index contributed by atoms with van der Waals surface area (Å²) in [6, 6.07) is 8.66. The number of rotatable bonds is 3. The van der Waals surface area contributed by atoms with Gasteiger partial charge < -0.3 is 10.2 Å². The van der Waals surface area contributed by atoms with Crippen LogP contribution in [0.3, 0.4) is 0 Å². The molecule has 2 fully saturated rings. The lowest BCUT2D eigenvalue weighted by Crippen LogP contribution is -2.38. The van der Waals surface area contributed by atoms with E-state index in [1.54, 1.807) is 0 Å². The van der Waals surface area contributed by atoms with Crippen LogP contribution in [-0.2, 0) is 10.2 Å². The average molecular weight is 326 g/mol. The molecule has 24 heavy (non-hydrogen) atoms. The van der Waals surface area contributed by atoms with E-state index in [0.29, 0.717) is 24.2 Å². The summed E-state index contributed by atoms with van der Waals surface area (Å²) >= 11 is 0. The molecule has 3 nitrogen and oxygen atoms in total. The highest BCUT2D eigenvalue weighted by Crippen LogP contribution is 2.50. The second-order valence-electron chi connectivity index (χ2n) is 8.25. The zero-order valence-corrected chi connectivity index (χ0v) is 14.9. The van der Waals surface area contributed by atoms with Gasteiger partial charge in [-0.2, -0.15) is 0 Å². The predicted octanol–water partition coefficient (Wildman–Crippen LogP) is 3.87. The number of carbonyl (C=O) groups excluding carboxylic acids is 1. The minimum absolute atomic E-state index is 0.254. The van der Waals surface area contributed by atoms with Gasteiger partial charge in [0, 0.05) is 24.1 Å². The maximum Gasteiger partial charge on any atom is 0.227 e. The van der Waals surface area contributed by atoms with E-state index in [1.165, 1.54) is 49.8 Å². The first kappa shape index (κ1) is 16.1. The lowest BCUT2D eigenvalue weighted by atomic mass is 9.81. The first-order chi connectivity index (χ1) is 11.7. The van der Waals surface area contributed by atoms with Gasteiger partial charge in [-0.25, -0.2) is 0 Å². The van der Waals surface area contributed by atoms with Crippen LogP contribution in [0.5, 0.6) is 0 Å². The molecule has 0 radical (unpaired) electrons. The Morgan fingerprint density at radius 3 is 2.71 bits per heavy atom. The Morgan fingerprint density at radius 1 is 1.25 bits per heavy atom. The Kier molecular flexibility index (Phi) is 4.38. The fourth-order valence-corrected chi connectivity index (χ4v) is 5.30. The number of amides is 1. The molecule has 2 aliphatic heterocycles. The zero-order chi connectivity index (χ0) is 16.6. The Hall–Kier alpha value is -1.35. The average Bonchev–Trinajstić information content (AvgIpc) is 3.22. The molecule has 4 rings (SSSR count). The number of hydrogen-bond donors (Lipinski definition) is 1. The highest BCUT2D eigenvalue weighted by atomic mass is 16.2. The second-order valence-corrected chi connectivity index (χ2v) is 8.25. The molecule has 1 saturated carbocycles. The number of benzene rings is 1. The largest absolute Gasteiger partial charge is 0.317 e. The van der Waals surface area contributed by atoms with Crippen molar-refractivity contribution in [3.63, 3.8) is 0 Å². The third-order valence-electron chi connectivity index (χ3n) is 6.77. The van der Waals surface area contributed by atoms with Crippen LogP contribution in [0.25, 0.3) is 0 Å². The first-order valence-electron chi connectivity index (χ1n) is 9.80. The predicted molar refractivity (Wildman–Crippen MR) is 98.3 cm³/mol. The van der Waals surface area contributed by atoms with Crippen LogP contribution in [0, 0.1) is 11.8 Å². The van der Waals surface area contributed by atoms with Gasteiger partial charge in [0.15, 0.2) is 0 Å². The maximum atomic E-state index is 13.1. The number of piperidine rings is 1. The highest BCUT2D eigenvalue weighted by molar-refractivity contribution is 5.96. The molecule has 1 amide bonds. The van der Waals surface area contributed by atoms with Gasteiger partial charge >= 0.3 is 0 Å². The van der Waals surface area contributed by atoms with Crippen LogP contribution in [-0.4, -0.2) is 25.5 Å². The highest BCUT2D eigenvalue weighted by Gasteiger charge is 2.46. The summed E-state index contributed by atoms with van der Waals surface area (Å²) in [6.07, 6.45) is 8.25. The van der Waals surface area contributed by atoms with Gasteiger partial charge in [0.2, 0.25) is 5.91 Å². The SMILES string of the molecule is CC(CC(=O)N1CC2(CCCC2)c2ccccc21)C1CCNCC1. The fourth-order valence-electron chi connectivity index (χ4n) is 5.30. The number of carbonyl (C=O) groups is 1. The number of anilines is 1. The summed E-state index contributed by atoms with van der Waals surface area (Å²) in [7, 11) is 0. The smallest absolute Gasteiger partial charge is 0.227 e. The summed E-state index contributed by atoms with van der Waals surface area (Å²) < 4.78 is 0. The molecule has 1 atom stereocenters. The topological polar surface area (TPSA) is 32.3 Å². The van der Waals surface area contributed by atoms with Gasteiger partial charge in [-0.05, 0) is 62.2 Å². The third kappa shape index (κ3) is 2.77. The maximum absolute atomic E-state index is 13.1. The molecule has 3 heteroatoms. The van der Waals surface area contributed by atoms with Crippen molar-refractivity contribution in [3.05, 3.63) is 29.8 Å². The summed E-state index contributed by atoms with van der Waals surface area (Å²) in [5.74, 6) is 1.54. The Morgan fingerprint density at radius 2 is 1.96 bits per heavy atom. The van der Waals surface area contributed by atoms with E-state index >= 15 is 0 Å². The molecule has 130 valence electrons. The van der Waals surface area contributed by atoms with Crippen molar-refractivity contribution in [1.29, 1.82) is 0 Å². The molecule has 1 aromatic rings. The van der Waals surface area contributed by atoms with Crippen molar-refractivity contribution >= 4 is 11.6 Å². The number of para-hydroxylation sites is 1. The standard InChI is InChI=1S/C21H30N2O/c1-16(17-8-12-22-13-9-17)14-20(24)23-15-21(10-4-5-11-21)18-6-2-3-7-19(18)23/h2-3,6-7,16-17,22H,4-5,8-15H2,1H3. The van der Waals surface area contributed by atoms with Gasteiger partial charge in [0.25, 0.3) is 0 Å². The minimum Gasteiger partial charge on any atom is -0.317 e. The Labute approximate surface area is 145 Å². The molecule has 1 spiro atoms. The van der Waals surface area contributed by atoms with E-state index in [0.717, 1.165) is 19.6 Å². The minimum atomic E-state index is 0.254. The number of hydrogen-bond acceptors (Lipinski definition) is 2. The molecule has 0 bridgehead atoms. The molecule has 1 saturated heterocycles. The quantitative estimate of drug-likeness (QED) is 0.914. The molecule has 1 aromatic carbocycles. The monoisotopic (exact) mass is 326 g/mol. The van der Waals surface area contributed by atoms with E-state index in [2.05, 4.69) is 41.4 Å². The van der Waals surface area contributed by atoms with Crippen molar-refractivity contribution in [1.82, 2.24) is 5.32 Å². The molecule has 1 unspecified atom stereocenters. The zero-order valence-electron chi connectivity index (χ0n) is 14.9. The van der Waals surface area contributed by atoms with Crippen molar-refractivity contribution in [2.75, 3.05) is 24.5 Å². The summed E-state index contributed by atoms with van der Waals surface area (Å²) in [6.45, 7) is 5.42. The van der Waals surface area contributed by atoms with E-state index in [9.17, 15) is 4.79 Å². The molecular weight excluding hydrogens is 296 g/mol. The van der Waals surface area contributed by atoms with Crippen molar-refractivity contribution in [2.24, 2.45) is 11.8 Å². The number of fused-ring (bicyclic) bond motifs is 2. The molecule has 3 aliphatic rings. The summed E-state index contributed by atoms with van der Waals surface area (Å²) in [4.78, 5) is 15.2.